The van der Waals surface area contributed by atoms with Gasteiger partial charge in [-0.25, -0.2) is 4.57 Å². The predicted octanol–water partition coefficient (Wildman–Crippen LogP) is -7.53. The Morgan fingerprint density at radius 1 is 0.571 bits per heavy atom. The van der Waals surface area contributed by atoms with Crippen LogP contribution >= 0.6 is 7.82 Å². The van der Waals surface area contributed by atoms with Crippen LogP contribution in [-0.2, 0) is 30.8 Å². The average Bonchev–Trinajstić information content (AvgIpc) is 0.722. The first-order chi connectivity index (χ1) is 2.00. The molecule has 0 aliphatic rings. The summed E-state index contributed by atoms with van der Waals surface area (Å²) in [6, 6.07) is 0. The number of rotatable bonds is 0. The molecule has 19 N–H and O–H groups in total. The van der Waals surface area contributed by atoms with Crippen LogP contribution in [0.4, 0.5) is 0 Å². The third-order valence-electron chi connectivity index (χ3n) is 0. The molecular formula is H19O12PZr. The van der Waals surface area contributed by atoms with Gasteiger partial charge in [0.2, 0.25) is 0 Å². The van der Waals surface area contributed by atoms with E-state index in [2.05, 4.69) is 0 Å². The molecule has 100 valence electrons. The van der Waals surface area contributed by atoms with Gasteiger partial charge < -0.3 is 58.5 Å². The maximum Gasteiger partial charge on any atom is 0.466 e. The van der Waals surface area contributed by atoms with E-state index in [0.29, 0.717) is 0 Å². The maximum absolute atomic E-state index is 8.88. The zero-order chi connectivity index (χ0) is 4.50. The standard InChI is InChI=1S/H3O4P.8H2O.Zr/c1-5(2,3)4;;;;;;;;;/h(H3,1,2,3,4);8*1H2;. The van der Waals surface area contributed by atoms with Crippen molar-refractivity contribution in [3.05, 3.63) is 0 Å². The van der Waals surface area contributed by atoms with Gasteiger partial charge in [0.1, 0.15) is 0 Å². The molecule has 0 spiro atoms. The van der Waals surface area contributed by atoms with Crippen LogP contribution in [0.3, 0.4) is 0 Å². The Bertz CT molecular complexity index is 56.5. The van der Waals surface area contributed by atoms with Crippen molar-refractivity contribution in [1.82, 2.24) is 0 Å². The van der Waals surface area contributed by atoms with Crippen LogP contribution in [0.2, 0.25) is 0 Å². The van der Waals surface area contributed by atoms with Crippen LogP contribution in [0.15, 0.2) is 0 Å². The topological polar surface area (TPSA) is 330 Å². The van der Waals surface area contributed by atoms with E-state index >= 15 is 0 Å². The zero-order valence-corrected chi connectivity index (χ0v) is 10.0. The van der Waals surface area contributed by atoms with Crippen molar-refractivity contribution in [3.63, 3.8) is 0 Å². The van der Waals surface area contributed by atoms with Crippen molar-refractivity contribution in [3.8, 4) is 0 Å². The molecule has 0 saturated carbocycles. The quantitative estimate of drug-likeness (QED) is 0.363. The number of hydrogen-bond donors (Lipinski definition) is 3. The van der Waals surface area contributed by atoms with Crippen LogP contribution in [0, 0.1) is 0 Å². The van der Waals surface area contributed by atoms with E-state index in [4.69, 9.17) is 19.2 Å². The predicted molar refractivity (Wildman–Crippen MR) is 43.2 cm³/mol. The van der Waals surface area contributed by atoms with Crippen LogP contribution in [0.1, 0.15) is 0 Å². The summed E-state index contributed by atoms with van der Waals surface area (Å²) < 4.78 is 8.88. The van der Waals surface area contributed by atoms with Crippen LogP contribution < -0.4 is 0 Å². The molecule has 0 radical (unpaired) electrons. The van der Waals surface area contributed by atoms with Crippen molar-refractivity contribution >= 4 is 7.82 Å². The molecule has 0 rings (SSSR count). The van der Waals surface area contributed by atoms with Crippen molar-refractivity contribution in [1.29, 1.82) is 0 Å². The minimum Gasteiger partial charge on any atom is -0.412 e. The molecule has 0 aromatic rings. The van der Waals surface area contributed by atoms with Gasteiger partial charge in [-0.3, -0.25) is 0 Å². The summed E-state index contributed by atoms with van der Waals surface area (Å²) in [6.07, 6.45) is 0. The summed E-state index contributed by atoms with van der Waals surface area (Å²) in [6.45, 7) is 0. The van der Waals surface area contributed by atoms with Gasteiger partial charge in [0.15, 0.2) is 0 Å². The molecule has 14 heteroatoms. The Morgan fingerprint density at radius 3 is 0.571 bits per heavy atom. The number of phosphoric acid groups is 1. The fraction of sp³-hybridized carbons (Fsp3) is 0. The van der Waals surface area contributed by atoms with Crippen molar-refractivity contribution in [2.24, 2.45) is 0 Å². The Balaban J connectivity index is -0.00000000222. The Labute approximate surface area is 97.4 Å². The third kappa shape index (κ3) is 3810. The van der Waals surface area contributed by atoms with Crippen molar-refractivity contribution < 1.29 is 89.3 Å². The summed E-state index contributed by atoms with van der Waals surface area (Å²) in [4.78, 5) is 21.6. The molecule has 0 heterocycles. The summed E-state index contributed by atoms with van der Waals surface area (Å²) >= 11 is 0. The molecule has 0 bridgehead atoms. The van der Waals surface area contributed by atoms with Crippen LogP contribution in [0.25, 0.3) is 0 Å². The molecule has 0 saturated heterocycles. The maximum atomic E-state index is 8.88. The van der Waals surface area contributed by atoms with E-state index in [1.54, 1.807) is 0 Å². The van der Waals surface area contributed by atoms with E-state index in [1.807, 2.05) is 0 Å². The van der Waals surface area contributed by atoms with E-state index in [0.717, 1.165) is 0 Å². The minimum atomic E-state index is -4.64. The van der Waals surface area contributed by atoms with Gasteiger partial charge in [0.05, 0.1) is 0 Å². The van der Waals surface area contributed by atoms with E-state index in [9.17, 15) is 0 Å². The van der Waals surface area contributed by atoms with Gasteiger partial charge in [-0.05, 0) is 0 Å². The molecule has 0 unspecified atom stereocenters. The van der Waals surface area contributed by atoms with Gasteiger partial charge in [0, 0.05) is 26.2 Å². The monoisotopic (exact) mass is 332 g/mol. The van der Waals surface area contributed by atoms with Gasteiger partial charge in [0.25, 0.3) is 0 Å². The smallest absolute Gasteiger partial charge is 0.412 e. The second kappa shape index (κ2) is 49.3. The molecule has 0 atom stereocenters. The van der Waals surface area contributed by atoms with Crippen LogP contribution in [-0.4, -0.2) is 58.5 Å². The first-order valence-electron chi connectivity index (χ1n) is 0.783. The van der Waals surface area contributed by atoms with Crippen molar-refractivity contribution in [2.45, 2.75) is 0 Å². The van der Waals surface area contributed by atoms with E-state index in [-0.39, 0.29) is 70.0 Å². The molecule has 0 aromatic carbocycles. The molecule has 14 heavy (non-hydrogen) atoms. The normalized spacial score (nSPS) is 4.21. The summed E-state index contributed by atoms with van der Waals surface area (Å²) in [5.41, 5.74) is 0. The second-order valence-electron chi connectivity index (χ2n) is 0.513. The van der Waals surface area contributed by atoms with Crippen LogP contribution in [0.5, 0.6) is 0 Å². The van der Waals surface area contributed by atoms with Crippen molar-refractivity contribution in [2.75, 3.05) is 0 Å². The molecule has 0 aliphatic heterocycles. The Kier molecular flexibility index (Phi) is 442. The number of hydrogen-bond acceptors (Lipinski definition) is 1. The van der Waals surface area contributed by atoms with Gasteiger partial charge in [-0.1, -0.05) is 0 Å². The Hall–Kier alpha value is 0.673. The Morgan fingerprint density at radius 2 is 0.571 bits per heavy atom. The fourth-order valence-corrected chi connectivity index (χ4v) is 0. The molecule has 0 aliphatic carbocycles. The summed E-state index contributed by atoms with van der Waals surface area (Å²) in [7, 11) is -4.64. The average molecular weight is 333 g/mol. The second-order valence-corrected chi connectivity index (χ2v) is 1.54. The van der Waals surface area contributed by atoms with E-state index < -0.39 is 7.82 Å². The zero-order valence-electron chi connectivity index (χ0n) is 6.70. The first-order valence-corrected chi connectivity index (χ1v) is 2.35. The largest absolute Gasteiger partial charge is 0.466 e. The fourth-order valence-electron chi connectivity index (χ4n) is 0. The van der Waals surface area contributed by atoms with Gasteiger partial charge in [-0.15, -0.1) is 0 Å². The SMILES string of the molecule is O.O.O.O.O.O.O.O.O=P(O)(O)O.[Zr]. The van der Waals surface area contributed by atoms with Gasteiger partial charge >= 0.3 is 7.82 Å². The van der Waals surface area contributed by atoms with Gasteiger partial charge in [-0.2, -0.15) is 0 Å². The molecule has 12 nitrogen and oxygen atoms in total. The molecular weight excluding hydrogens is 314 g/mol. The summed E-state index contributed by atoms with van der Waals surface area (Å²) in [5, 5.41) is 0. The molecule has 0 aromatic heterocycles. The molecule has 0 fully saturated rings. The van der Waals surface area contributed by atoms with E-state index in [1.165, 1.54) is 0 Å². The minimum absolute atomic E-state index is 0. The first kappa shape index (κ1) is 126. The third-order valence-corrected chi connectivity index (χ3v) is 0. The molecule has 0 amide bonds. The summed E-state index contributed by atoms with van der Waals surface area (Å²) in [5.74, 6) is 0.